The van der Waals surface area contributed by atoms with E-state index in [-0.39, 0.29) is 17.3 Å². The zero-order valence-corrected chi connectivity index (χ0v) is 16.3. The van der Waals surface area contributed by atoms with Gasteiger partial charge in [0, 0.05) is 18.3 Å². The molecule has 0 bridgehead atoms. The van der Waals surface area contributed by atoms with Crippen molar-refractivity contribution < 1.29 is 19.8 Å². The molecule has 0 saturated heterocycles. The molecule has 0 amide bonds. The average Bonchev–Trinajstić information content (AvgIpc) is 2.83. The number of ketones is 2. The summed E-state index contributed by atoms with van der Waals surface area (Å²) in [5.74, 6) is 0.968. The van der Waals surface area contributed by atoms with Crippen LogP contribution in [0.3, 0.4) is 0 Å². The van der Waals surface area contributed by atoms with Crippen molar-refractivity contribution >= 4 is 11.6 Å². The first-order valence-corrected chi connectivity index (χ1v) is 10.3. The molecule has 0 aliphatic heterocycles. The predicted octanol–water partition coefficient (Wildman–Crippen LogP) is 3.06. The summed E-state index contributed by atoms with van der Waals surface area (Å²) in [5.41, 5.74) is -0.344. The standard InChI is InChI=1S/C22H32O4/c1-13-10-18-16-5-4-14-11-15(24)6-8-20(14,2)17(16)7-9-21(18,3)22(13,26)19(25)12-23/h7,13-14,16,18,23,26H,4-6,8-12H2,1-3H3/t13-,14-,16-,18+,20+,21+,22+/m1/s1. The molecule has 0 unspecified atom stereocenters. The number of hydrogen-bond acceptors (Lipinski definition) is 4. The van der Waals surface area contributed by atoms with Crippen LogP contribution in [0.25, 0.3) is 0 Å². The highest BCUT2D eigenvalue weighted by molar-refractivity contribution is 5.90. The van der Waals surface area contributed by atoms with Crippen LogP contribution >= 0.6 is 0 Å². The van der Waals surface area contributed by atoms with Gasteiger partial charge in [-0.3, -0.25) is 9.59 Å². The van der Waals surface area contributed by atoms with E-state index in [0.29, 0.717) is 36.9 Å². The van der Waals surface area contributed by atoms with E-state index in [1.807, 2.05) is 6.92 Å². The Morgan fingerprint density at radius 1 is 1.31 bits per heavy atom. The van der Waals surface area contributed by atoms with E-state index in [2.05, 4.69) is 19.9 Å². The van der Waals surface area contributed by atoms with Gasteiger partial charge in [0.2, 0.25) is 0 Å². The number of rotatable bonds is 2. The fourth-order valence-electron chi connectivity index (χ4n) is 7.38. The van der Waals surface area contributed by atoms with Gasteiger partial charge in [-0.1, -0.05) is 32.4 Å². The Morgan fingerprint density at radius 3 is 2.73 bits per heavy atom. The summed E-state index contributed by atoms with van der Waals surface area (Å²) in [5, 5.41) is 20.9. The van der Waals surface area contributed by atoms with Crippen LogP contribution in [0.15, 0.2) is 11.6 Å². The third-order valence-electron chi connectivity index (χ3n) is 8.99. The summed E-state index contributed by atoms with van der Waals surface area (Å²) < 4.78 is 0. The fraction of sp³-hybridized carbons (Fsp3) is 0.818. The zero-order chi connectivity index (χ0) is 18.9. The second kappa shape index (κ2) is 5.75. The number of hydrogen-bond donors (Lipinski definition) is 2. The summed E-state index contributed by atoms with van der Waals surface area (Å²) in [7, 11) is 0. The zero-order valence-electron chi connectivity index (χ0n) is 16.3. The molecule has 4 rings (SSSR count). The van der Waals surface area contributed by atoms with Crippen molar-refractivity contribution in [3.05, 3.63) is 11.6 Å². The van der Waals surface area contributed by atoms with Crippen LogP contribution in [0.1, 0.15) is 65.7 Å². The topological polar surface area (TPSA) is 74.6 Å². The molecule has 0 aromatic carbocycles. The number of Topliss-reactive ketones (excluding diaryl/α,β-unsaturated/α-hetero) is 2. The normalized spacial score (nSPS) is 50.5. The molecule has 144 valence electrons. The van der Waals surface area contributed by atoms with Crippen LogP contribution in [-0.2, 0) is 9.59 Å². The Morgan fingerprint density at radius 2 is 2.04 bits per heavy atom. The Kier molecular flexibility index (Phi) is 4.06. The highest BCUT2D eigenvalue weighted by Crippen LogP contribution is 2.67. The van der Waals surface area contributed by atoms with Crippen molar-refractivity contribution in [1.29, 1.82) is 0 Å². The summed E-state index contributed by atoms with van der Waals surface area (Å²) in [4.78, 5) is 24.5. The van der Waals surface area contributed by atoms with E-state index in [9.17, 15) is 19.8 Å². The lowest BCUT2D eigenvalue weighted by Crippen LogP contribution is -2.58. The van der Waals surface area contributed by atoms with E-state index in [1.54, 1.807) is 0 Å². The van der Waals surface area contributed by atoms with E-state index in [1.165, 1.54) is 5.57 Å². The number of allylic oxidation sites excluding steroid dienone is 2. The molecule has 2 N–H and O–H groups in total. The Balaban J connectivity index is 1.74. The van der Waals surface area contributed by atoms with Crippen LogP contribution < -0.4 is 0 Å². The van der Waals surface area contributed by atoms with Crippen molar-refractivity contribution in [3.8, 4) is 0 Å². The third-order valence-corrected chi connectivity index (χ3v) is 8.99. The fourth-order valence-corrected chi connectivity index (χ4v) is 7.38. The molecule has 0 aromatic heterocycles. The largest absolute Gasteiger partial charge is 0.388 e. The third kappa shape index (κ3) is 2.09. The number of fused-ring (bicyclic) bond motifs is 5. The summed E-state index contributed by atoms with van der Waals surface area (Å²) in [6, 6.07) is 0. The first-order valence-electron chi connectivity index (χ1n) is 10.3. The maximum atomic E-state index is 12.5. The van der Waals surface area contributed by atoms with Gasteiger partial charge >= 0.3 is 0 Å². The molecule has 4 nitrogen and oxygen atoms in total. The number of carbonyl (C=O) groups excluding carboxylic acids is 2. The maximum Gasteiger partial charge on any atom is 0.190 e. The molecule has 4 heteroatoms. The Bertz CT molecular complexity index is 682. The molecule has 3 saturated carbocycles. The van der Waals surface area contributed by atoms with Crippen LogP contribution in [0.4, 0.5) is 0 Å². The smallest absolute Gasteiger partial charge is 0.190 e. The second-order valence-electron chi connectivity index (χ2n) is 9.91. The molecule has 0 radical (unpaired) electrons. The number of aliphatic hydroxyl groups excluding tert-OH is 1. The predicted molar refractivity (Wildman–Crippen MR) is 98.3 cm³/mol. The monoisotopic (exact) mass is 360 g/mol. The van der Waals surface area contributed by atoms with E-state index >= 15 is 0 Å². The minimum atomic E-state index is -1.44. The Labute approximate surface area is 156 Å². The molecule has 4 aliphatic carbocycles. The van der Waals surface area contributed by atoms with Gasteiger partial charge in [-0.2, -0.15) is 0 Å². The average molecular weight is 360 g/mol. The lowest BCUT2D eigenvalue weighted by atomic mass is 9.48. The van der Waals surface area contributed by atoms with Gasteiger partial charge < -0.3 is 10.2 Å². The SMILES string of the molecule is C[C@@H]1C[C@H]2[C@@H]3CC[C@@H]4CC(=O)CC[C@]4(C)C3=CC[C@]2(C)[C@@]1(O)C(=O)CO. The van der Waals surface area contributed by atoms with Gasteiger partial charge in [-0.25, -0.2) is 0 Å². The van der Waals surface area contributed by atoms with Gasteiger partial charge in [0.15, 0.2) is 5.78 Å². The number of aliphatic hydroxyl groups is 2. The van der Waals surface area contributed by atoms with E-state index < -0.39 is 23.4 Å². The molecule has 0 heterocycles. The van der Waals surface area contributed by atoms with Crippen LogP contribution in [0, 0.1) is 34.5 Å². The molecule has 3 fully saturated rings. The van der Waals surface area contributed by atoms with Crippen molar-refractivity contribution in [2.24, 2.45) is 34.5 Å². The lowest BCUT2D eigenvalue weighted by molar-refractivity contribution is -0.162. The highest BCUT2D eigenvalue weighted by atomic mass is 16.3. The van der Waals surface area contributed by atoms with Crippen molar-refractivity contribution in [3.63, 3.8) is 0 Å². The van der Waals surface area contributed by atoms with Gasteiger partial charge in [0.25, 0.3) is 0 Å². The van der Waals surface area contributed by atoms with Crippen LogP contribution in [0.2, 0.25) is 0 Å². The van der Waals surface area contributed by atoms with Gasteiger partial charge in [-0.05, 0) is 61.2 Å². The van der Waals surface area contributed by atoms with Crippen molar-refractivity contribution in [2.45, 2.75) is 71.3 Å². The molecule has 7 atom stereocenters. The summed E-state index contributed by atoms with van der Waals surface area (Å²) in [6.45, 7) is 5.77. The van der Waals surface area contributed by atoms with Gasteiger partial charge in [0.1, 0.15) is 18.0 Å². The first kappa shape index (κ1) is 18.4. The molecular formula is C22H32O4. The highest BCUT2D eigenvalue weighted by Gasteiger charge is 2.67. The van der Waals surface area contributed by atoms with Crippen molar-refractivity contribution in [2.75, 3.05) is 6.61 Å². The van der Waals surface area contributed by atoms with Gasteiger partial charge in [0.05, 0.1) is 0 Å². The first-order chi connectivity index (χ1) is 12.2. The lowest BCUT2D eigenvalue weighted by Gasteiger charge is -2.56. The second-order valence-corrected chi connectivity index (χ2v) is 9.91. The van der Waals surface area contributed by atoms with E-state index in [4.69, 9.17) is 0 Å². The minimum absolute atomic E-state index is 0.100. The Hall–Kier alpha value is -1.00. The molecule has 26 heavy (non-hydrogen) atoms. The summed E-state index contributed by atoms with van der Waals surface area (Å²) in [6.07, 6.45) is 8.28. The number of carbonyl (C=O) groups is 2. The van der Waals surface area contributed by atoms with Crippen molar-refractivity contribution in [1.82, 2.24) is 0 Å². The quantitative estimate of drug-likeness (QED) is 0.742. The van der Waals surface area contributed by atoms with Gasteiger partial charge in [-0.15, -0.1) is 0 Å². The summed E-state index contributed by atoms with van der Waals surface area (Å²) >= 11 is 0. The maximum absolute atomic E-state index is 12.5. The van der Waals surface area contributed by atoms with Crippen LogP contribution in [0.5, 0.6) is 0 Å². The van der Waals surface area contributed by atoms with E-state index in [0.717, 1.165) is 25.7 Å². The molecule has 0 aromatic rings. The van der Waals surface area contributed by atoms with Crippen LogP contribution in [-0.4, -0.2) is 34.0 Å². The molecular weight excluding hydrogens is 328 g/mol. The molecule has 4 aliphatic rings. The minimum Gasteiger partial charge on any atom is -0.388 e. The molecule has 0 spiro atoms.